The fraction of sp³-hybridized carbons (Fsp3) is 0.417. The number of rotatable bonds is 4. The summed E-state index contributed by atoms with van der Waals surface area (Å²) in [5, 5.41) is 2.61. The van der Waals surface area contributed by atoms with Gasteiger partial charge in [-0.15, -0.1) is 0 Å². The normalized spacial score (nSPS) is 12.0. The molecule has 0 spiro atoms. The van der Waals surface area contributed by atoms with Crippen molar-refractivity contribution in [2.24, 2.45) is 5.92 Å². The van der Waals surface area contributed by atoms with Gasteiger partial charge in [-0.05, 0) is 18.1 Å². The van der Waals surface area contributed by atoms with Crippen LogP contribution in [0, 0.1) is 5.92 Å². The molecule has 1 heterocycles. The van der Waals surface area contributed by atoms with Gasteiger partial charge in [0.05, 0.1) is 7.11 Å². The maximum absolute atomic E-state index is 11.8. The third-order valence-electron chi connectivity index (χ3n) is 2.31. The van der Waals surface area contributed by atoms with Gasteiger partial charge in [-0.25, -0.2) is 4.79 Å². The Morgan fingerprint density at radius 2 is 2.06 bits per heavy atom. The zero-order valence-electron chi connectivity index (χ0n) is 10.1. The molecule has 0 bridgehead atoms. The van der Waals surface area contributed by atoms with Gasteiger partial charge in [-0.3, -0.25) is 9.78 Å². The van der Waals surface area contributed by atoms with Crippen molar-refractivity contribution in [1.29, 1.82) is 0 Å². The van der Waals surface area contributed by atoms with Crippen molar-refractivity contribution in [3.05, 3.63) is 30.1 Å². The molecular weight excluding hydrogens is 220 g/mol. The predicted molar refractivity (Wildman–Crippen MR) is 62.3 cm³/mol. The summed E-state index contributed by atoms with van der Waals surface area (Å²) in [4.78, 5) is 27.2. The van der Waals surface area contributed by atoms with Gasteiger partial charge in [-0.2, -0.15) is 0 Å². The second-order valence-corrected chi connectivity index (χ2v) is 3.93. The number of amides is 1. The lowest BCUT2D eigenvalue weighted by Crippen LogP contribution is -2.45. The number of nitrogens with zero attached hydrogens (tertiary/aromatic N) is 1. The van der Waals surface area contributed by atoms with Crippen molar-refractivity contribution >= 4 is 11.9 Å². The summed E-state index contributed by atoms with van der Waals surface area (Å²) in [7, 11) is 1.30. The minimum absolute atomic E-state index is 0.0462. The molecule has 0 aliphatic carbocycles. The second kappa shape index (κ2) is 5.98. The fourth-order valence-electron chi connectivity index (χ4n) is 1.34. The van der Waals surface area contributed by atoms with Crippen LogP contribution in [-0.2, 0) is 9.53 Å². The standard InChI is InChI=1S/C12H16N2O3/c1-8(2)10(12(16)17-3)14-11(15)9-6-4-5-7-13-9/h4-8,10H,1-3H3,(H,14,15)/t10-/m0/s1. The summed E-state index contributed by atoms with van der Waals surface area (Å²) in [5.74, 6) is -0.880. The van der Waals surface area contributed by atoms with E-state index in [1.54, 1.807) is 18.2 Å². The van der Waals surface area contributed by atoms with Crippen LogP contribution in [0.4, 0.5) is 0 Å². The molecule has 0 aliphatic rings. The third kappa shape index (κ3) is 3.55. The van der Waals surface area contributed by atoms with E-state index in [-0.39, 0.29) is 17.5 Å². The highest BCUT2D eigenvalue weighted by molar-refractivity contribution is 5.95. The van der Waals surface area contributed by atoms with E-state index < -0.39 is 12.0 Å². The van der Waals surface area contributed by atoms with E-state index in [4.69, 9.17) is 0 Å². The SMILES string of the molecule is COC(=O)[C@@H](NC(=O)c1ccccn1)C(C)C. The van der Waals surface area contributed by atoms with Crippen LogP contribution < -0.4 is 5.32 Å². The minimum atomic E-state index is -0.658. The molecule has 0 saturated carbocycles. The molecule has 5 nitrogen and oxygen atoms in total. The second-order valence-electron chi connectivity index (χ2n) is 3.93. The maximum atomic E-state index is 11.8. The molecule has 0 fully saturated rings. The number of methoxy groups -OCH3 is 1. The Hall–Kier alpha value is -1.91. The number of aromatic nitrogens is 1. The quantitative estimate of drug-likeness (QED) is 0.792. The van der Waals surface area contributed by atoms with E-state index >= 15 is 0 Å². The van der Waals surface area contributed by atoms with E-state index in [0.717, 1.165) is 0 Å². The number of esters is 1. The van der Waals surface area contributed by atoms with E-state index in [1.807, 2.05) is 13.8 Å². The van der Waals surface area contributed by atoms with Gasteiger partial charge in [-0.1, -0.05) is 19.9 Å². The monoisotopic (exact) mass is 236 g/mol. The molecular formula is C12H16N2O3. The number of carbonyl (C=O) groups is 2. The largest absolute Gasteiger partial charge is 0.467 e. The Morgan fingerprint density at radius 1 is 1.35 bits per heavy atom. The molecule has 0 aromatic carbocycles. The molecule has 0 radical (unpaired) electrons. The van der Waals surface area contributed by atoms with Gasteiger partial charge in [0.2, 0.25) is 0 Å². The molecule has 1 rings (SSSR count). The van der Waals surface area contributed by atoms with Crippen LogP contribution in [0.2, 0.25) is 0 Å². The summed E-state index contributed by atoms with van der Waals surface area (Å²) in [6.07, 6.45) is 1.53. The number of nitrogens with one attached hydrogen (secondary N) is 1. The van der Waals surface area contributed by atoms with Gasteiger partial charge in [0.1, 0.15) is 11.7 Å². The van der Waals surface area contributed by atoms with Crippen molar-refractivity contribution in [2.45, 2.75) is 19.9 Å². The lowest BCUT2D eigenvalue weighted by molar-refractivity contribution is -0.144. The van der Waals surface area contributed by atoms with E-state index in [1.165, 1.54) is 13.3 Å². The minimum Gasteiger partial charge on any atom is -0.467 e. The molecule has 1 aromatic heterocycles. The van der Waals surface area contributed by atoms with Crippen LogP contribution in [0.15, 0.2) is 24.4 Å². The molecule has 92 valence electrons. The van der Waals surface area contributed by atoms with Crippen molar-refractivity contribution in [2.75, 3.05) is 7.11 Å². The molecule has 0 saturated heterocycles. The Bertz CT molecular complexity index is 390. The van der Waals surface area contributed by atoms with Crippen LogP contribution in [0.1, 0.15) is 24.3 Å². The lowest BCUT2D eigenvalue weighted by Gasteiger charge is -2.19. The summed E-state index contributed by atoms with van der Waals surface area (Å²) in [6.45, 7) is 3.67. The zero-order chi connectivity index (χ0) is 12.8. The van der Waals surface area contributed by atoms with Gasteiger partial charge in [0, 0.05) is 6.20 Å². The number of pyridine rings is 1. The highest BCUT2D eigenvalue weighted by Crippen LogP contribution is 2.05. The smallest absolute Gasteiger partial charge is 0.328 e. The Morgan fingerprint density at radius 3 is 2.53 bits per heavy atom. The Labute approximate surface area is 100 Å². The van der Waals surface area contributed by atoms with Crippen molar-refractivity contribution in [3.63, 3.8) is 0 Å². The summed E-state index contributed by atoms with van der Waals surface area (Å²) in [6, 6.07) is 4.36. The first-order valence-corrected chi connectivity index (χ1v) is 5.36. The first kappa shape index (κ1) is 13.2. The van der Waals surface area contributed by atoms with E-state index in [9.17, 15) is 9.59 Å². The third-order valence-corrected chi connectivity index (χ3v) is 2.31. The number of hydrogen-bond acceptors (Lipinski definition) is 4. The van der Waals surface area contributed by atoms with Gasteiger partial charge < -0.3 is 10.1 Å². The van der Waals surface area contributed by atoms with Gasteiger partial charge >= 0.3 is 5.97 Å². The van der Waals surface area contributed by atoms with Crippen LogP contribution in [0.3, 0.4) is 0 Å². The van der Waals surface area contributed by atoms with Crippen LogP contribution >= 0.6 is 0 Å². The van der Waals surface area contributed by atoms with E-state index in [0.29, 0.717) is 0 Å². The molecule has 5 heteroatoms. The highest BCUT2D eigenvalue weighted by Gasteiger charge is 2.25. The average Bonchev–Trinajstić information content (AvgIpc) is 2.35. The molecule has 0 unspecified atom stereocenters. The number of hydrogen-bond donors (Lipinski definition) is 1. The maximum Gasteiger partial charge on any atom is 0.328 e. The molecule has 17 heavy (non-hydrogen) atoms. The lowest BCUT2D eigenvalue weighted by atomic mass is 10.0. The average molecular weight is 236 g/mol. The van der Waals surface area contributed by atoms with Gasteiger partial charge in [0.15, 0.2) is 0 Å². The molecule has 1 aromatic rings. The van der Waals surface area contributed by atoms with Crippen LogP contribution in [-0.4, -0.2) is 30.0 Å². The van der Waals surface area contributed by atoms with Crippen LogP contribution in [0.5, 0.6) is 0 Å². The van der Waals surface area contributed by atoms with Crippen molar-refractivity contribution < 1.29 is 14.3 Å². The molecule has 1 amide bonds. The Balaban J connectivity index is 2.75. The van der Waals surface area contributed by atoms with E-state index in [2.05, 4.69) is 15.0 Å². The topological polar surface area (TPSA) is 68.3 Å². The zero-order valence-corrected chi connectivity index (χ0v) is 10.1. The summed E-state index contributed by atoms with van der Waals surface area (Å²) in [5.41, 5.74) is 0.280. The summed E-state index contributed by atoms with van der Waals surface area (Å²) < 4.78 is 4.64. The molecule has 0 aliphatic heterocycles. The Kier molecular flexibility index (Phi) is 4.63. The predicted octanol–water partition coefficient (Wildman–Crippen LogP) is 1.01. The van der Waals surface area contributed by atoms with Gasteiger partial charge in [0.25, 0.3) is 5.91 Å². The van der Waals surface area contributed by atoms with Crippen molar-refractivity contribution in [3.8, 4) is 0 Å². The molecule has 1 atom stereocenters. The highest BCUT2D eigenvalue weighted by atomic mass is 16.5. The fourth-order valence-corrected chi connectivity index (χ4v) is 1.34. The molecule has 1 N–H and O–H groups in total. The van der Waals surface area contributed by atoms with Crippen LogP contribution in [0.25, 0.3) is 0 Å². The van der Waals surface area contributed by atoms with Crippen molar-refractivity contribution in [1.82, 2.24) is 10.3 Å². The first-order chi connectivity index (χ1) is 8.06. The summed E-state index contributed by atoms with van der Waals surface area (Å²) >= 11 is 0. The number of carbonyl (C=O) groups excluding carboxylic acids is 2. The number of ether oxygens (including phenoxy) is 1. The first-order valence-electron chi connectivity index (χ1n) is 5.36.